The molecule has 0 radical (unpaired) electrons. The predicted octanol–water partition coefficient (Wildman–Crippen LogP) is 1.34. The van der Waals surface area contributed by atoms with Crippen molar-refractivity contribution in [3.8, 4) is 0 Å². The summed E-state index contributed by atoms with van der Waals surface area (Å²) in [6, 6.07) is 0. The lowest BCUT2D eigenvalue weighted by Gasteiger charge is -2.07. The van der Waals surface area contributed by atoms with Crippen molar-refractivity contribution < 1.29 is 0 Å². The Labute approximate surface area is 93.2 Å². The van der Waals surface area contributed by atoms with Crippen LogP contribution < -0.4 is 10.6 Å². The van der Waals surface area contributed by atoms with Crippen molar-refractivity contribution in [2.24, 2.45) is 0 Å². The molecule has 0 spiro atoms. The first-order valence-corrected chi connectivity index (χ1v) is 5.62. The lowest BCUT2D eigenvalue weighted by molar-refractivity contribution is 0.835. The molecule has 14 heavy (non-hydrogen) atoms. The van der Waals surface area contributed by atoms with Crippen LogP contribution in [0.1, 0.15) is 5.01 Å². The zero-order chi connectivity index (χ0) is 10.2. The summed E-state index contributed by atoms with van der Waals surface area (Å²) in [5.74, 6) is 0. The number of hydrogen-bond acceptors (Lipinski definition) is 3. The van der Waals surface area contributed by atoms with E-state index in [0.717, 1.165) is 18.0 Å². The van der Waals surface area contributed by atoms with Crippen LogP contribution in [0.5, 0.6) is 0 Å². The van der Waals surface area contributed by atoms with Crippen LogP contribution in [0.25, 0.3) is 0 Å². The maximum absolute atomic E-state index is 5.03. The summed E-state index contributed by atoms with van der Waals surface area (Å²) < 4.78 is 0. The molecule has 0 aliphatic rings. The Morgan fingerprint density at radius 1 is 1.64 bits per heavy atom. The second-order valence-corrected chi connectivity index (χ2v) is 3.99. The van der Waals surface area contributed by atoms with Gasteiger partial charge in [-0.25, -0.2) is 4.98 Å². The fourth-order valence-corrected chi connectivity index (χ4v) is 1.69. The number of nitrogens with one attached hydrogen (secondary N) is 2. The van der Waals surface area contributed by atoms with Crippen LogP contribution >= 0.6 is 23.6 Å². The monoisotopic (exact) mass is 227 g/mol. The van der Waals surface area contributed by atoms with Crippen LogP contribution in [0.15, 0.2) is 24.2 Å². The van der Waals surface area contributed by atoms with Crippen LogP contribution in [0.3, 0.4) is 0 Å². The van der Waals surface area contributed by atoms with E-state index in [1.165, 1.54) is 0 Å². The van der Waals surface area contributed by atoms with Gasteiger partial charge in [0.1, 0.15) is 0 Å². The van der Waals surface area contributed by atoms with Crippen LogP contribution in [0.2, 0.25) is 0 Å². The maximum Gasteiger partial charge on any atom is 0.166 e. The summed E-state index contributed by atoms with van der Waals surface area (Å²) in [5, 5.41) is 9.87. The van der Waals surface area contributed by atoms with Gasteiger partial charge in [-0.05, 0) is 12.2 Å². The first-order valence-electron chi connectivity index (χ1n) is 4.34. The Hall–Kier alpha value is -0.940. The van der Waals surface area contributed by atoms with Crippen LogP contribution in [-0.4, -0.2) is 23.2 Å². The molecule has 0 unspecified atom stereocenters. The van der Waals surface area contributed by atoms with E-state index in [-0.39, 0.29) is 0 Å². The normalized spacial score (nSPS) is 9.43. The van der Waals surface area contributed by atoms with E-state index in [9.17, 15) is 0 Å². The summed E-state index contributed by atoms with van der Waals surface area (Å²) in [4.78, 5) is 4.17. The van der Waals surface area contributed by atoms with Crippen molar-refractivity contribution in [1.82, 2.24) is 15.6 Å². The van der Waals surface area contributed by atoms with Crippen molar-refractivity contribution >= 4 is 28.7 Å². The van der Waals surface area contributed by atoms with Crippen molar-refractivity contribution in [3.05, 3.63) is 29.2 Å². The SMILES string of the molecule is C=CCNC(=S)NCCc1nccs1. The topological polar surface area (TPSA) is 37.0 Å². The van der Waals surface area contributed by atoms with Gasteiger partial charge in [0.25, 0.3) is 0 Å². The van der Waals surface area contributed by atoms with Gasteiger partial charge in [-0.3, -0.25) is 0 Å². The molecule has 0 fully saturated rings. The fraction of sp³-hybridized carbons (Fsp3) is 0.333. The highest BCUT2D eigenvalue weighted by atomic mass is 32.1. The minimum atomic E-state index is 0.668. The summed E-state index contributed by atoms with van der Waals surface area (Å²) in [5.41, 5.74) is 0. The number of thiocarbonyl (C=S) groups is 1. The van der Waals surface area contributed by atoms with Crippen LogP contribution in [0.4, 0.5) is 0 Å². The van der Waals surface area contributed by atoms with E-state index in [2.05, 4.69) is 22.2 Å². The highest BCUT2D eigenvalue weighted by molar-refractivity contribution is 7.80. The molecule has 0 saturated carbocycles. The molecule has 3 nitrogen and oxygen atoms in total. The molecule has 0 aliphatic carbocycles. The van der Waals surface area contributed by atoms with Crippen LogP contribution in [-0.2, 0) is 6.42 Å². The zero-order valence-corrected chi connectivity index (χ0v) is 9.46. The molecule has 0 aromatic carbocycles. The Kier molecular flexibility index (Phi) is 5.17. The molecular weight excluding hydrogens is 214 g/mol. The standard InChI is InChI=1S/C9H13N3S2/c1-2-4-11-9(13)12-5-3-8-10-6-7-14-8/h2,6-7H,1,3-5H2,(H2,11,12,13). The third kappa shape index (κ3) is 4.34. The van der Waals surface area contributed by atoms with E-state index in [0.29, 0.717) is 11.7 Å². The fourth-order valence-electron chi connectivity index (χ4n) is 0.887. The van der Waals surface area contributed by atoms with Gasteiger partial charge < -0.3 is 10.6 Å². The molecule has 5 heteroatoms. The van der Waals surface area contributed by atoms with Gasteiger partial charge in [-0.2, -0.15) is 0 Å². The number of thiazole rings is 1. The minimum Gasteiger partial charge on any atom is -0.362 e. The van der Waals surface area contributed by atoms with Crippen molar-refractivity contribution in [2.75, 3.05) is 13.1 Å². The van der Waals surface area contributed by atoms with Gasteiger partial charge >= 0.3 is 0 Å². The number of nitrogens with zero attached hydrogens (tertiary/aromatic N) is 1. The minimum absolute atomic E-state index is 0.668. The molecule has 1 rings (SSSR count). The molecule has 76 valence electrons. The van der Waals surface area contributed by atoms with Gasteiger partial charge in [-0.1, -0.05) is 6.08 Å². The van der Waals surface area contributed by atoms with Crippen molar-refractivity contribution in [1.29, 1.82) is 0 Å². The number of hydrogen-bond donors (Lipinski definition) is 2. The Morgan fingerprint density at radius 3 is 3.14 bits per heavy atom. The number of aromatic nitrogens is 1. The summed E-state index contributed by atoms with van der Waals surface area (Å²) in [6.45, 7) is 5.11. The molecule has 2 N–H and O–H groups in total. The van der Waals surface area contributed by atoms with E-state index in [1.54, 1.807) is 17.4 Å². The molecule has 0 bridgehead atoms. The molecule has 1 aromatic rings. The van der Waals surface area contributed by atoms with Gasteiger partial charge in [0, 0.05) is 31.1 Å². The molecule has 0 aliphatic heterocycles. The van der Waals surface area contributed by atoms with Crippen molar-refractivity contribution in [2.45, 2.75) is 6.42 Å². The lowest BCUT2D eigenvalue weighted by atomic mass is 10.4. The first-order chi connectivity index (χ1) is 6.83. The second kappa shape index (κ2) is 6.50. The largest absolute Gasteiger partial charge is 0.362 e. The smallest absolute Gasteiger partial charge is 0.166 e. The van der Waals surface area contributed by atoms with Gasteiger partial charge in [0.2, 0.25) is 0 Å². The molecule has 0 saturated heterocycles. The van der Waals surface area contributed by atoms with Crippen LogP contribution in [0, 0.1) is 0 Å². The van der Waals surface area contributed by atoms with Crippen molar-refractivity contribution in [3.63, 3.8) is 0 Å². The van der Waals surface area contributed by atoms with E-state index in [4.69, 9.17) is 12.2 Å². The second-order valence-electron chi connectivity index (χ2n) is 2.60. The van der Waals surface area contributed by atoms with Gasteiger partial charge in [-0.15, -0.1) is 17.9 Å². The molecule has 0 atom stereocenters. The van der Waals surface area contributed by atoms with E-state index in [1.807, 2.05) is 11.6 Å². The zero-order valence-electron chi connectivity index (χ0n) is 7.82. The van der Waals surface area contributed by atoms with Gasteiger partial charge in [0.15, 0.2) is 5.11 Å². The molecule has 1 heterocycles. The first kappa shape index (κ1) is 11.1. The summed E-state index contributed by atoms with van der Waals surface area (Å²) in [6.07, 6.45) is 4.50. The predicted molar refractivity (Wildman–Crippen MR) is 64.6 cm³/mol. The quantitative estimate of drug-likeness (QED) is 0.588. The Balaban J connectivity index is 2.09. The molecular formula is C9H13N3S2. The third-order valence-corrected chi connectivity index (χ3v) is 2.64. The summed E-state index contributed by atoms with van der Waals surface area (Å²) in [7, 11) is 0. The lowest BCUT2D eigenvalue weighted by Crippen LogP contribution is -2.36. The average molecular weight is 227 g/mol. The Morgan fingerprint density at radius 2 is 2.50 bits per heavy atom. The molecule has 1 aromatic heterocycles. The van der Waals surface area contributed by atoms with E-state index < -0.39 is 0 Å². The van der Waals surface area contributed by atoms with E-state index >= 15 is 0 Å². The molecule has 0 amide bonds. The average Bonchev–Trinajstić information content (AvgIpc) is 2.67. The maximum atomic E-state index is 5.03. The number of rotatable bonds is 5. The third-order valence-electron chi connectivity index (χ3n) is 1.51. The highest BCUT2D eigenvalue weighted by Gasteiger charge is 1.96. The Bertz CT molecular complexity index is 282. The highest BCUT2D eigenvalue weighted by Crippen LogP contribution is 2.03. The summed E-state index contributed by atoms with van der Waals surface area (Å²) >= 11 is 6.69. The van der Waals surface area contributed by atoms with Gasteiger partial charge in [0.05, 0.1) is 5.01 Å².